The van der Waals surface area contributed by atoms with Crippen molar-refractivity contribution >= 4 is 36.6 Å². The van der Waals surface area contributed by atoms with E-state index in [9.17, 15) is 4.79 Å². The number of carbonyl (C=O) groups excluding carboxylic acids is 1. The number of rotatable bonds is 7. The van der Waals surface area contributed by atoms with E-state index in [1.54, 1.807) is 14.0 Å². The van der Waals surface area contributed by atoms with Gasteiger partial charge in [-0.3, -0.25) is 9.79 Å². The Balaban J connectivity index is 0. The molecule has 8 heteroatoms. The van der Waals surface area contributed by atoms with Crippen molar-refractivity contribution in [1.29, 1.82) is 0 Å². The van der Waals surface area contributed by atoms with Crippen LogP contribution in [0.1, 0.15) is 45.4 Å². The summed E-state index contributed by atoms with van der Waals surface area (Å²) in [6, 6.07) is -0.483. The monoisotopic (exact) mass is 357 g/mol. The minimum Gasteiger partial charge on any atom is -0.465 e. The van der Waals surface area contributed by atoms with Crippen molar-refractivity contribution in [1.82, 2.24) is 0 Å². The fraction of sp³-hybridized carbons (Fsp3) is 0.857. The number of esters is 1. The molecule has 1 rings (SSSR count). The van der Waals surface area contributed by atoms with Crippen molar-refractivity contribution < 1.29 is 14.3 Å². The number of aliphatic imine (C=N–C) groups is 1. The molecule has 0 bridgehead atoms. The van der Waals surface area contributed by atoms with Crippen LogP contribution in [0.2, 0.25) is 0 Å². The molecule has 4 N–H and O–H groups in total. The lowest BCUT2D eigenvalue weighted by Gasteiger charge is -2.22. The average Bonchev–Trinajstić information content (AvgIpc) is 2.62. The normalized spacial score (nSPS) is 20.5. The molecule has 0 amide bonds. The van der Waals surface area contributed by atoms with Crippen LogP contribution in [0.5, 0.6) is 0 Å². The SMILES string of the molecule is CCOC(=O)C(N)CC(CC1CCCCC(N)=N1)OC.Cl.Cl. The summed E-state index contributed by atoms with van der Waals surface area (Å²) in [6.07, 6.45) is 5.17. The second kappa shape index (κ2) is 12.9. The highest BCUT2D eigenvalue weighted by molar-refractivity contribution is 5.85. The van der Waals surface area contributed by atoms with Gasteiger partial charge in [-0.05, 0) is 32.6 Å². The number of carbonyl (C=O) groups is 1. The Morgan fingerprint density at radius 1 is 1.41 bits per heavy atom. The molecule has 22 heavy (non-hydrogen) atoms. The van der Waals surface area contributed by atoms with E-state index in [2.05, 4.69) is 4.99 Å². The molecule has 0 aromatic rings. The maximum Gasteiger partial charge on any atom is 0.322 e. The second-order valence-corrected chi connectivity index (χ2v) is 5.21. The summed E-state index contributed by atoms with van der Waals surface area (Å²) in [4.78, 5) is 16.1. The van der Waals surface area contributed by atoms with E-state index in [-0.39, 0.29) is 42.9 Å². The number of halogens is 2. The molecule has 3 atom stereocenters. The van der Waals surface area contributed by atoms with Gasteiger partial charge in [0.25, 0.3) is 0 Å². The third-order valence-electron chi connectivity index (χ3n) is 3.54. The lowest BCUT2D eigenvalue weighted by molar-refractivity contribution is -0.145. The number of amidine groups is 1. The number of hydrogen-bond donors (Lipinski definition) is 2. The van der Waals surface area contributed by atoms with Gasteiger partial charge in [0, 0.05) is 13.5 Å². The van der Waals surface area contributed by atoms with Gasteiger partial charge in [-0.25, -0.2) is 0 Å². The van der Waals surface area contributed by atoms with Gasteiger partial charge in [0.05, 0.1) is 24.6 Å². The standard InChI is InChI=1S/C14H27N3O3.2ClH/c1-3-20-14(18)12(15)9-11(19-2)8-10-6-4-5-7-13(16)17-10;;/h10-12H,3-9,15H2,1-2H3,(H2,16,17);2*1H. The van der Waals surface area contributed by atoms with Gasteiger partial charge in [0.2, 0.25) is 0 Å². The van der Waals surface area contributed by atoms with Gasteiger partial charge in [-0.2, -0.15) is 0 Å². The summed E-state index contributed by atoms with van der Waals surface area (Å²) in [5, 5.41) is 0. The fourth-order valence-electron chi connectivity index (χ4n) is 2.44. The molecule has 0 fully saturated rings. The molecule has 6 nitrogen and oxygen atoms in total. The minimum atomic E-state index is -0.646. The maximum atomic E-state index is 11.5. The summed E-state index contributed by atoms with van der Waals surface area (Å²) < 4.78 is 10.3. The fourth-order valence-corrected chi connectivity index (χ4v) is 2.44. The van der Waals surface area contributed by atoms with E-state index < -0.39 is 6.04 Å². The van der Waals surface area contributed by atoms with Crippen LogP contribution in [0.4, 0.5) is 0 Å². The molecule has 0 aromatic heterocycles. The van der Waals surface area contributed by atoms with Gasteiger partial charge >= 0.3 is 5.97 Å². The third kappa shape index (κ3) is 8.78. The Morgan fingerprint density at radius 3 is 2.68 bits per heavy atom. The van der Waals surface area contributed by atoms with Crippen molar-refractivity contribution in [3.05, 3.63) is 0 Å². The van der Waals surface area contributed by atoms with E-state index >= 15 is 0 Å². The molecule has 132 valence electrons. The summed E-state index contributed by atoms with van der Waals surface area (Å²) in [7, 11) is 1.63. The number of methoxy groups -OCH3 is 1. The zero-order valence-corrected chi connectivity index (χ0v) is 15.0. The molecule has 1 heterocycles. The molecule has 1 aliphatic heterocycles. The van der Waals surface area contributed by atoms with E-state index in [0.29, 0.717) is 13.0 Å². The first-order valence-electron chi connectivity index (χ1n) is 7.34. The number of hydrogen-bond acceptors (Lipinski definition) is 6. The maximum absolute atomic E-state index is 11.5. The molecular weight excluding hydrogens is 329 g/mol. The highest BCUT2D eigenvalue weighted by atomic mass is 35.5. The summed E-state index contributed by atoms with van der Waals surface area (Å²) in [5.74, 6) is 0.343. The van der Waals surface area contributed by atoms with Crippen molar-refractivity contribution in [3.63, 3.8) is 0 Å². The van der Waals surface area contributed by atoms with Crippen LogP contribution in [0.3, 0.4) is 0 Å². The Bertz CT molecular complexity index is 343. The molecular formula is C14H29Cl2N3O3. The van der Waals surface area contributed by atoms with Crippen LogP contribution < -0.4 is 11.5 Å². The molecule has 0 aromatic carbocycles. The van der Waals surface area contributed by atoms with E-state index in [4.69, 9.17) is 20.9 Å². The lowest BCUT2D eigenvalue weighted by atomic mass is 9.99. The number of ether oxygens (including phenoxy) is 2. The summed E-state index contributed by atoms with van der Waals surface area (Å²) >= 11 is 0. The van der Waals surface area contributed by atoms with E-state index in [1.807, 2.05) is 0 Å². The van der Waals surface area contributed by atoms with Crippen molar-refractivity contribution in [2.75, 3.05) is 13.7 Å². The Labute approximate surface area is 145 Å². The number of nitrogens with two attached hydrogens (primary N) is 2. The predicted molar refractivity (Wildman–Crippen MR) is 93.0 cm³/mol. The highest BCUT2D eigenvalue weighted by Crippen LogP contribution is 2.19. The first-order valence-corrected chi connectivity index (χ1v) is 7.34. The quantitative estimate of drug-likeness (QED) is 0.676. The van der Waals surface area contributed by atoms with Crippen LogP contribution >= 0.6 is 24.8 Å². The summed E-state index contributed by atoms with van der Waals surface area (Å²) in [5.41, 5.74) is 11.7. The van der Waals surface area contributed by atoms with Gasteiger partial charge in [0.15, 0.2) is 0 Å². The topological polar surface area (TPSA) is 99.9 Å². The Kier molecular flexibility index (Phi) is 13.9. The second-order valence-electron chi connectivity index (χ2n) is 5.21. The predicted octanol–water partition coefficient (Wildman–Crippen LogP) is 1.82. The van der Waals surface area contributed by atoms with Gasteiger partial charge in [0.1, 0.15) is 6.04 Å². The smallest absolute Gasteiger partial charge is 0.322 e. The first kappa shape index (κ1) is 23.7. The molecule has 0 saturated heterocycles. The molecule has 0 spiro atoms. The zero-order valence-electron chi connectivity index (χ0n) is 13.3. The third-order valence-corrected chi connectivity index (χ3v) is 3.54. The first-order chi connectivity index (χ1) is 9.56. The zero-order chi connectivity index (χ0) is 15.0. The number of nitrogens with zero attached hydrogens (tertiary/aromatic N) is 1. The van der Waals surface area contributed by atoms with Crippen LogP contribution in [-0.4, -0.2) is 43.7 Å². The van der Waals surface area contributed by atoms with Gasteiger partial charge < -0.3 is 20.9 Å². The molecule has 0 radical (unpaired) electrons. The van der Waals surface area contributed by atoms with Crippen LogP contribution in [0, 0.1) is 0 Å². The minimum absolute atomic E-state index is 0. The lowest BCUT2D eigenvalue weighted by Crippen LogP contribution is -2.37. The van der Waals surface area contributed by atoms with E-state index in [0.717, 1.165) is 37.9 Å². The van der Waals surface area contributed by atoms with Crippen molar-refractivity contribution in [3.8, 4) is 0 Å². The van der Waals surface area contributed by atoms with Crippen LogP contribution in [0.25, 0.3) is 0 Å². The average molecular weight is 358 g/mol. The van der Waals surface area contributed by atoms with Crippen molar-refractivity contribution in [2.24, 2.45) is 16.5 Å². The molecule has 3 unspecified atom stereocenters. The van der Waals surface area contributed by atoms with Crippen LogP contribution in [-0.2, 0) is 14.3 Å². The van der Waals surface area contributed by atoms with E-state index in [1.165, 1.54) is 0 Å². The molecule has 0 saturated carbocycles. The summed E-state index contributed by atoms with van der Waals surface area (Å²) in [6.45, 7) is 2.11. The van der Waals surface area contributed by atoms with Gasteiger partial charge in [-0.1, -0.05) is 6.42 Å². The molecule has 0 aliphatic carbocycles. The highest BCUT2D eigenvalue weighted by Gasteiger charge is 2.23. The van der Waals surface area contributed by atoms with Crippen LogP contribution in [0.15, 0.2) is 4.99 Å². The van der Waals surface area contributed by atoms with Gasteiger partial charge in [-0.15, -0.1) is 24.8 Å². The van der Waals surface area contributed by atoms with Crippen molar-refractivity contribution in [2.45, 2.75) is 63.6 Å². The molecule has 1 aliphatic rings. The largest absolute Gasteiger partial charge is 0.465 e. The Hall–Kier alpha value is -0.560. The Morgan fingerprint density at radius 2 is 2.09 bits per heavy atom.